The average Bonchev–Trinajstić information content (AvgIpc) is 2.22. The van der Waals surface area contributed by atoms with Crippen LogP contribution in [-0.4, -0.2) is 11.9 Å². The maximum absolute atomic E-state index is 13.2. The van der Waals surface area contributed by atoms with Crippen LogP contribution in [0.3, 0.4) is 0 Å². The van der Waals surface area contributed by atoms with Crippen LogP contribution in [0.15, 0.2) is 18.2 Å². The maximum atomic E-state index is 13.2. The van der Waals surface area contributed by atoms with E-state index in [0.29, 0.717) is 0 Å². The van der Waals surface area contributed by atoms with Gasteiger partial charge in [-0.3, -0.25) is 4.79 Å². The van der Waals surface area contributed by atoms with Gasteiger partial charge in [0.1, 0.15) is 11.6 Å². The van der Waals surface area contributed by atoms with Crippen LogP contribution in [0, 0.1) is 11.6 Å². The first-order chi connectivity index (χ1) is 7.52. The zero-order chi connectivity index (χ0) is 12.1. The van der Waals surface area contributed by atoms with Gasteiger partial charge in [-0.2, -0.15) is 0 Å². The van der Waals surface area contributed by atoms with Crippen LogP contribution in [0.4, 0.5) is 8.78 Å². The number of halogens is 2. The number of nitrogens with one attached hydrogen (secondary N) is 1. The topological polar surface area (TPSA) is 29.1 Å². The van der Waals surface area contributed by atoms with E-state index in [0.717, 1.165) is 18.6 Å². The lowest BCUT2D eigenvalue weighted by molar-refractivity contribution is -0.121. The third kappa shape index (κ3) is 3.61. The van der Waals surface area contributed by atoms with Gasteiger partial charge in [0.25, 0.3) is 0 Å². The first-order valence-electron chi connectivity index (χ1n) is 5.26. The van der Waals surface area contributed by atoms with Crippen molar-refractivity contribution >= 4 is 5.91 Å². The Morgan fingerprint density at radius 2 is 2.12 bits per heavy atom. The van der Waals surface area contributed by atoms with Gasteiger partial charge in [0, 0.05) is 12.1 Å². The average molecular weight is 227 g/mol. The van der Waals surface area contributed by atoms with Crippen molar-refractivity contribution < 1.29 is 13.6 Å². The summed E-state index contributed by atoms with van der Waals surface area (Å²) in [5, 5.41) is 2.72. The molecule has 0 saturated heterocycles. The van der Waals surface area contributed by atoms with Crippen molar-refractivity contribution in [1.82, 2.24) is 5.32 Å². The van der Waals surface area contributed by atoms with Gasteiger partial charge < -0.3 is 5.32 Å². The molecule has 0 aliphatic carbocycles. The highest BCUT2D eigenvalue weighted by atomic mass is 19.1. The van der Waals surface area contributed by atoms with Crippen LogP contribution in [0.25, 0.3) is 0 Å². The van der Waals surface area contributed by atoms with Crippen LogP contribution in [0.1, 0.15) is 25.8 Å². The number of carbonyl (C=O) groups excluding carboxylic acids is 1. The van der Waals surface area contributed by atoms with Crippen molar-refractivity contribution in [2.24, 2.45) is 0 Å². The van der Waals surface area contributed by atoms with E-state index in [2.05, 4.69) is 5.32 Å². The highest BCUT2D eigenvalue weighted by Gasteiger charge is 2.10. The Morgan fingerprint density at radius 1 is 1.44 bits per heavy atom. The second kappa shape index (κ2) is 5.58. The van der Waals surface area contributed by atoms with Crippen LogP contribution < -0.4 is 5.32 Å². The Bertz CT molecular complexity index is 379. The Labute approximate surface area is 93.7 Å². The molecule has 0 heterocycles. The first kappa shape index (κ1) is 12.6. The molecule has 1 N–H and O–H groups in total. The Balaban J connectivity index is 2.63. The van der Waals surface area contributed by atoms with Crippen molar-refractivity contribution in [2.75, 3.05) is 0 Å². The van der Waals surface area contributed by atoms with Gasteiger partial charge in [-0.15, -0.1) is 0 Å². The van der Waals surface area contributed by atoms with E-state index in [9.17, 15) is 13.6 Å². The monoisotopic (exact) mass is 227 g/mol. The highest BCUT2D eigenvalue weighted by molar-refractivity contribution is 5.78. The minimum absolute atomic E-state index is 0.0591. The molecule has 1 aromatic carbocycles. The Morgan fingerprint density at radius 3 is 2.69 bits per heavy atom. The van der Waals surface area contributed by atoms with Gasteiger partial charge in [-0.1, -0.05) is 13.0 Å². The summed E-state index contributed by atoms with van der Waals surface area (Å²) in [6, 6.07) is 3.29. The zero-order valence-electron chi connectivity index (χ0n) is 9.39. The molecule has 0 bridgehead atoms. The summed E-state index contributed by atoms with van der Waals surface area (Å²) in [6.07, 6.45) is 0.758. The highest BCUT2D eigenvalue weighted by Crippen LogP contribution is 2.10. The summed E-state index contributed by atoms with van der Waals surface area (Å²) < 4.78 is 25.8. The molecule has 0 saturated carbocycles. The molecule has 1 rings (SSSR count). The summed E-state index contributed by atoms with van der Waals surface area (Å²) in [6.45, 7) is 3.82. The minimum atomic E-state index is -0.681. The van der Waals surface area contributed by atoms with E-state index in [1.54, 1.807) is 0 Å². The molecule has 16 heavy (non-hydrogen) atoms. The molecule has 1 amide bonds. The smallest absolute Gasteiger partial charge is 0.224 e. The standard InChI is InChI=1S/C12H15F2NO/c1-3-8(2)15-12(16)6-9-4-5-10(13)7-11(9)14/h4-5,7-8H,3,6H2,1-2H3,(H,15,16). The van der Waals surface area contributed by atoms with Crippen LogP contribution in [-0.2, 0) is 11.2 Å². The Hall–Kier alpha value is -1.45. The normalized spacial score (nSPS) is 12.2. The molecule has 0 fully saturated rings. The fourth-order valence-electron chi connectivity index (χ4n) is 1.27. The number of hydrogen-bond donors (Lipinski definition) is 1. The van der Waals surface area contributed by atoms with Crippen LogP contribution >= 0.6 is 0 Å². The molecule has 0 aliphatic rings. The molecule has 2 nitrogen and oxygen atoms in total. The van der Waals surface area contributed by atoms with Crippen LogP contribution in [0.5, 0.6) is 0 Å². The molecular weight excluding hydrogens is 212 g/mol. The number of rotatable bonds is 4. The van der Waals surface area contributed by atoms with E-state index in [1.807, 2.05) is 13.8 Å². The van der Waals surface area contributed by atoms with Gasteiger partial charge in [0.05, 0.1) is 6.42 Å². The lowest BCUT2D eigenvalue weighted by Crippen LogP contribution is -2.33. The van der Waals surface area contributed by atoms with E-state index in [1.165, 1.54) is 6.07 Å². The van der Waals surface area contributed by atoms with Gasteiger partial charge in [0.15, 0.2) is 0 Å². The SMILES string of the molecule is CCC(C)NC(=O)Cc1ccc(F)cc1F. The van der Waals surface area contributed by atoms with E-state index in [-0.39, 0.29) is 23.9 Å². The molecule has 4 heteroatoms. The van der Waals surface area contributed by atoms with Crippen molar-refractivity contribution in [2.45, 2.75) is 32.7 Å². The second-order valence-corrected chi connectivity index (χ2v) is 3.79. The Kier molecular flexibility index (Phi) is 4.40. The molecule has 0 aromatic heterocycles. The molecule has 1 atom stereocenters. The maximum Gasteiger partial charge on any atom is 0.224 e. The first-order valence-corrected chi connectivity index (χ1v) is 5.26. The molecule has 88 valence electrons. The summed E-state index contributed by atoms with van der Waals surface area (Å²) >= 11 is 0. The lowest BCUT2D eigenvalue weighted by Gasteiger charge is -2.11. The van der Waals surface area contributed by atoms with Gasteiger partial charge in [-0.25, -0.2) is 8.78 Å². The van der Waals surface area contributed by atoms with Crippen molar-refractivity contribution in [3.8, 4) is 0 Å². The van der Waals surface area contributed by atoms with E-state index in [4.69, 9.17) is 0 Å². The number of benzene rings is 1. The molecule has 1 unspecified atom stereocenters. The largest absolute Gasteiger partial charge is 0.353 e. The predicted molar refractivity (Wildman–Crippen MR) is 58.0 cm³/mol. The quantitative estimate of drug-likeness (QED) is 0.841. The van der Waals surface area contributed by atoms with E-state index >= 15 is 0 Å². The minimum Gasteiger partial charge on any atom is -0.353 e. The third-order valence-corrected chi connectivity index (χ3v) is 2.39. The molecular formula is C12H15F2NO. The summed E-state index contributed by atoms with van der Waals surface area (Å²) in [5.74, 6) is -1.57. The molecule has 0 aliphatic heterocycles. The van der Waals surface area contributed by atoms with Crippen molar-refractivity contribution in [3.05, 3.63) is 35.4 Å². The fourth-order valence-corrected chi connectivity index (χ4v) is 1.27. The summed E-state index contributed by atoms with van der Waals surface area (Å²) in [5.41, 5.74) is 0.210. The van der Waals surface area contributed by atoms with Gasteiger partial charge in [-0.05, 0) is 25.0 Å². The van der Waals surface area contributed by atoms with Crippen molar-refractivity contribution in [3.63, 3.8) is 0 Å². The van der Waals surface area contributed by atoms with E-state index < -0.39 is 11.6 Å². The summed E-state index contributed by atoms with van der Waals surface area (Å²) in [7, 11) is 0. The fraction of sp³-hybridized carbons (Fsp3) is 0.417. The molecule has 0 radical (unpaired) electrons. The van der Waals surface area contributed by atoms with Gasteiger partial charge in [0.2, 0.25) is 5.91 Å². The predicted octanol–water partition coefficient (Wildman–Crippen LogP) is 2.42. The molecule has 0 spiro atoms. The molecule has 1 aromatic rings. The number of carbonyl (C=O) groups is 1. The zero-order valence-corrected chi connectivity index (χ0v) is 9.39. The van der Waals surface area contributed by atoms with Crippen LogP contribution in [0.2, 0.25) is 0 Å². The second-order valence-electron chi connectivity index (χ2n) is 3.79. The third-order valence-electron chi connectivity index (χ3n) is 2.39. The van der Waals surface area contributed by atoms with Crippen molar-refractivity contribution in [1.29, 1.82) is 0 Å². The van der Waals surface area contributed by atoms with Gasteiger partial charge >= 0.3 is 0 Å². The number of amides is 1. The number of hydrogen-bond acceptors (Lipinski definition) is 1. The summed E-state index contributed by atoms with van der Waals surface area (Å²) in [4.78, 5) is 11.4. The lowest BCUT2D eigenvalue weighted by atomic mass is 10.1.